The lowest BCUT2D eigenvalue weighted by Gasteiger charge is -2.13. The van der Waals surface area contributed by atoms with Crippen molar-refractivity contribution in [3.05, 3.63) is 20.8 Å². The Hall–Kier alpha value is -0.430. The van der Waals surface area contributed by atoms with Crippen LogP contribution in [0.15, 0.2) is 15.9 Å². The van der Waals surface area contributed by atoms with Gasteiger partial charge in [0.05, 0.1) is 13.7 Å². The van der Waals surface area contributed by atoms with E-state index >= 15 is 0 Å². The molecule has 0 aliphatic heterocycles. The monoisotopic (exact) mass is 293 g/mol. The molecule has 0 aliphatic carbocycles. The van der Waals surface area contributed by atoms with Gasteiger partial charge in [0.25, 0.3) is 5.91 Å². The summed E-state index contributed by atoms with van der Waals surface area (Å²) in [5, 5.41) is 3.11. The highest BCUT2D eigenvalue weighted by atomic mass is 79.9. The number of thiophene rings is 1. The summed E-state index contributed by atoms with van der Waals surface area (Å²) in [6.07, 6.45) is 0. The van der Waals surface area contributed by atoms with Crippen LogP contribution in [0.1, 0.15) is 4.88 Å². The molecule has 0 N–H and O–H groups in total. The van der Waals surface area contributed by atoms with E-state index in [0.29, 0.717) is 6.61 Å². The maximum absolute atomic E-state index is 11.3. The first-order valence-electron chi connectivity index (χ1n) is 4.25. The van der Waals surface area contributed by atoms with Crippen molar-refractivity contribution in [2.75, 3.05) is 20.8 Å². The molecule has 0 saturated carbocycles. The van der Waals surface area contributed by atoms with Crippen LogP contribution in [0.2, 0.25) is 0 Å². The number of nitrogens with zero attached hydrogens (tertiary/aromatic N) is 1. The Morgan fingerprint density at radius 2 is 2.40 bits per heavy atom. The summed E-state index contributed by atoms with van der Waals surface area (Å²) in [4.78, 5) is 17.0. The molecule has 1 aromatic rings. The van der Waals surface area contributed by atoms with Crippen molar-refractivity contribution in [2.45, 2.75) is 6.61 Å². The SMILES string of the molecule is CON(C)C(=O)COCc1sccc1Br. The highest BCUT2D eigenvalue weighted by Gasteiger charge is 2.08. The summed E-state index contributed by atoms with van der Waals surface area (Å²) in [5.74, 6) is -0.204. The van der Waals surface area contributed by atoms with Crippen LogP contribution in [0.25, 0.3) is 0 Å². The average molecular weight is 294 g/mol. The number of hydrogen-bond donors (Lipinski definition) is 0. The zero-order valence-corrected chi connectivity index (χ0v) is 10.9. The number of ether oxygens (including phenoxy) is 1. The molecule has 1 heterocycles. The van der Waals surface area contributed by atoms with Crippen LogP contribution in [0.3, 0.4) is 0 Å². The molecule has 84 valence electrons. The van der Waals surface area contributed by atoms with Crippen molar-refractivity contribution in [1.29, 1.82) is 0 Å². The molecule has 0 unspecified atom stereocenters. The van der Waals surface area contributed by atoms with Crippen molar-refractivity contribution in [2.24, 2.45) is 0 Å². The summed E-state index contributed by atoms with van der Waals surface area (Å²) >= 11 is 4.97. The highest BCUT2D eigenvalue weighted by Crippen LogP contribution is 2.23. The second kappa shape index (κ2) is 6.22. The smallest absolute Gasteiger partial charge is 0.271 e. The summed E-state index contributed by atoms with van der Waals surface area (Å²) in [6.45, 7) is 0.455. The molecule has 6 heteroatoms. The average Bonchev–Trinajstić information content (AvgIpc) is 2.63. The van der Waals surface area contributed by atoms with Crippen LogP contribution in [-0.4, -0.2) is 31.7 Å². The fraction of sp³-hybridized carbons (Fsp3) is 0.444. The zero-order chi connectivity index (χ0) is 11.3. The van der Waals surface area contributed by atoms with Gasteiger partial charge in [-0.15, -0.1) is 11.3 Å². The second-order valence-corrected chi connectivity index (χ2v) is 4.61. The molecule has 0 atom stereocenters. The van der Waals surface area contributed by atoms with E-state index in [1.54, 1.807) is 18.4 Å². The van der Waals surface area contributed by atoms with E-state index in [1.165, 1.54) is 7.11 Å². The minimum atomic E-state index is -0.204. The van der Waals surface area contributed by atoms with Crippen molar-refractivity contribution < 1.29 is 14.4 Å². The third-order valence-corrected chi connectivity index (χ3v) is 3.67. The topological polar surface area (TPSA) is 38.8 Å². The molecular weight excluding hydrogens is 282 g/mol. The number of halogens is 1. The number of carbonyl (C=O) groups excluding carboxylic acids is 1. The lowest BCUT2D eigenvalue weighted by Crippen LogP contribution is -2.29. The van der Waals surface area contributed by atoms with Crippen LogP contribution in [0.5, 0.6) is 0 Å². The molecule has 1 rings (SSSR count). The normalized spacial score (nSPS) is 10.3. The summed E-state index contributed by atoms with van der Waals surface area (Å²) < 4.78 is 6.27. The number of hydroxylamine groups is 2. The molecule has 0 aliphatic rings. The number of carbonyl (C=O) groups is 1. The largest absolute Gasteiger partial charge is 0.366 e. The van der Waals surface area contributed by atoms with Gasteiger partial charge in [-0.2, -0.15) is 0 Å². The Morgan fingerprint density at radius 1 is 1.67 bits per heavy atom. The van der Waals surface area contributed by atoms with Gasteiger partial charge >= 0.3 is 0 Å². The molecule has 0 bridgehead atoms. The Balaban J connectivity index is 2.28. The van der Waals surface area contributed by atoms with Gasteiger partial charge in [0.15, 0.2) is 0 Å². The van der Waals surface area contributed by atoms with Crippen LogP contribution < -0.4 is 0 Å². The predicted octanol–water partition coefficient (Wildman–Crippen LogP) is 2.05. The first-order valence-corrected chi connectivity index (χ1v) is 5.92. The first kappa shape index (κ1) is 12.6. The van der Waals surface area contributed by atoms with Crippen molar-refractivity contribution in [3.63, 3.8) is 0 Å². The van der Waals surface area contributed by atoms with Gasteiger partial charge in [0.2, 0.25) is 0 Å². The lowest BCUT2D eigenvalue weighted by atomic mass is 10.5. The minimum Gasteiger partial charge on any atom is -0.366 e. The van der Waals surface area contributed by atoms with E-state index in [-0.39, 0.29) is 12.5 Å². The maximum Gasteiger partial charge on any atom is 0.271 e. The second-order valence-electron chi connectivity index (χ2n) is 2.76. The first-order chi connectivity index (χ1) is 7.15. The minimum absolute atomic E-state index is 0.0225. The number of rotatable bonds is 5. The zero-order valence-electron chi connectivity index (χ0n) is 8.53. The Bertz CT molecular complexity index is 329. The quantitative estimate of drug-likeness (QED) is 0.780. The lowest BCUT2D eigenvalue weighted by molar-refractivity contribution is -0.173. The number of likely N-dealkylation sites (N-methyl/N-ethyl adjacent to an activating group) is 1. The van der Waals surface area contributed by atoms with Crippen molar-refractivity contribution in [3.8, 4) is 0 Å². The molecular formula is C9H12BrNO3S. The Kier molecular flexibility index (Phi) is 5.24. The molecule has 0 saturated heterocycles. The van der Waals surface area contributed by atoms with Crippen LogP contribution in [-0.2, 0) is 21.0 Å². The molecule has 0 fully saturated rings. The van der Waals surface area contributed by atoms with E-state index < -0.39 is 0 Å². The van der Waals surface area contributed by atoms with Gasteiger partial charge in [-0.3, -0.25) is 9.63 Å². The standard InChI is InChI=1S/C9H12BrNO3S/c1-11(13-2)9(12)6-14-5-8-7(10)3-4-15-8/h3-4H,5-6H2,1-2H3. The van der Waals surface area contributed by atoms with E-state index in [1.807, 2.05) is 11.4 Å². The van der Waals surface area contributed by atoms with Gasteiger partial charge < -0.3 is 4.74 Å². The summed E-state index contributed by atoms with van der Waals surface area (Å²) in [6, 6.07) is 1.95. The Morgan fingerprint density at radius 3 is 2.93 bits per heavy atom. The van der Waals surface area contributed by atoms with Gasteiger partial charge in [-0.05, 0) is 27.4 Å². The van der Waals surface area contributed by atoms with Crippen LogP contribution in [0.4, 0.5) is 0 Å². The molecule has 0 aromatic carbocycles. The third kappa shape index (κ3) is 3.90. The fourth-order valence-electron chi connectivity index (χ4n) is 0.852. The predicted molar refractivity (Wildman–Crippen MR) is 61.5 cm³/mol. The van der Waals surface area contributed by atoms with Gasteiger partial charge in [0.1, 0.15) is 6.61 Å². The Labute approximate surface area is 101 Å². The van der Waals surface area contributed by atoms with Gasteiger partial charge in [-0.1, -0.05) is 0 Å². The van der Waals surface area contributed by atoms with E-state index in [2.05, 4.69) is 15.9 Å². The molecule has 4 nitrogen and oxygen atoms in total. The molecule has 15 heavy (non-hydrogen) atoms. The van der Waals surface area contributed by atoms with Crippen LogP contribution in [0, 0.1) is 0 Å². The maximum atomic E-state index is 11.3. The summed E-state index contributed by atoms with van der Waals surface area (Å²) in [7, 11) is 2.99. The number of hydrogen-bond acceptors (Lipinski definition) is 4. The van der Waals surface area contributed by atoms with E-state index in [0.717, 1.165) is 14.4 Å². The summed E-state index contributed by atoms with van der Waals surface area (Å²) in [5.41, 5.74) is 0. The van der Waals surface area contributed by atoms with Crippen molar-refractivity contribution >= 4 is 33.2 Å². The third-order valence-electron chi connectivity index (χ3n) is 1.77. The van der Waals surface area contributed by atoms with Gasteiger partial charge in [-0.25, -0.2) is 5.06 Å². The van der Waals surface area contributed by atoms with Crippen LogP contribution >= 0.6 is 27.3 Å². The number of amides is 1. The van der Waals surface area contributed by atoms with E-state index in [9.17, 15) is 4.79 Å². The molecule has 1 aromatic heterocycles. The highest BCUT2D eigenvalue weighted by molar-refractivity contribution is 9.10. The van der Waals surface area contributed by atoms with E-state index in [4.69, 9.17) is 9.57 Å². The molecule has 0 spiro atoms. The molecule has 0 radical (unpaired) electrons. The van der Waals surface area contributed by atoms with Gasteiger partial charge in [0, 0.05) is 16.4 Å². The fourth-order valence-corrected chi connectivity index (χ4v) is 2.25. The van der Waals surface area contributed by atoms with Crippen molar-refractivity contribution in [1.82, 2.24) is 5.06 Å². The molecule has 1 amide bonds.